The molecule has 9 heteroatoms. The second kappa shape index (κ2) is 11.0. The van der Waals surface area contributed by atoms with Crippen LogP contribution in [0.3, 0.4) is 0 Å². The number of aliphatic hydroxyl groups excluding tert-OH is 1. The molecule has 3 fully saturated rings. The Balaban J connectivity index is 1.56. The molecular weight excluding hydrogens is 474 g/mol. The predicted octanol–water partition coefficient (Wildman–Crippen LogP) is 2.87. The quantitative estimate of drug-likeness (QED) is 0.390. The Labute approximate surface area is 219 Å². The fourth-order valence-corrected chi connectivity index (χ4v) is 6.21. The van der Waals surface area contributed by atoms with Crippen molar-refractivity contribution >= 4 is 23.4 Å². The highest BCUT2D eigenvalue weighted by atomic mass is 16.5. The summed E-state index contributed by atoms with van der Waals surface area (Å²) in [5, 5.41) is 15.1. The van der Waals surface area contributed by atoms with Crippen LogP contribution in [-0.2, 0) is 19.1 Å². The van der Waals surface area contributed by atoms with Gasteiger partial charge >= 0.3 is 0 Å². The Morgan fingerprint density at radius 3 is 2.49 bits per heavy atom. The van der Waals surface area contributed by atoms with Gasteiger partial charge < -0.3 is 30.1 Å². The number of amides is 3. The minimum atomic E-state index is -0.997. The molecule has 0 radical (unpaired) electrons. The first-order valence-electron chi connectivity index (χ1n) is 13.6. The number of hydrogen-bond donors (Lipinski definition) is 3. The molecule has 2 unspecified atom stereocenters. The Bertz CT molecular complexity index is 991. The number of unbranched alkanes of at least 4 members (excludes halogenated alkanes) is 3. The number of nitrogens with zero attached hydrogens (tertiary/aromatic N) is 1. The molecule has 204 valence electrons. The van der Waals surface area contributed by atoms with Gasteiger partial charge in [0.05, 0.1) is 24.5 Å². The van der Waals surface area contributed by atoms with E-state index in [2.05, 4.69) is 10.6 Å². The molecule has 3 aliphatic rings. The first-order chi connectivity index (χ1) is 17.6. The minimum Gasteiger partial charge on any atom is -0.494 e. The van der Waals surface area contributed by atoms with Crippen molar-refractivity contribution < 1.29 is 29.0 Å². The van der Waals surface area contributed by atoms with E-state index in [4.69, 9.17) is 14.6 Å². The van der Waals surface area contributed by atoms with Gasteiger partial charge in [-0.1, -0.05) is 12.8 Å². The lowest BCUT2D eigenvalue weighted by atomic mass is 9.70. The summed E-state index contributed by atoms with van der Waals surface area (Å²) in [5.74, 6) is -1.29. The number of anilines is 1. The Morgan fingerprint density at radius 1 is 1.14 bits per heavy atom. The SMILES string of the molecule is CCOc1ccc(NC(=O)[C@@H]2[C@@H]3CCC4(O3)C(C(=O)NC(C)(C)C)N(CCCCCCO)C(=O)[C@H]24)cc1. The van der Waals surface area contributed by atoms with Crippen LogP contribution in [0.2, 0.25) is 0 Å². The maximum atomic E-state index is 13.9. The number of aliphatic hydroxyl groups is 1. The van der Waals surface area contributed by atoms with E-state index in [1.165, 1.54) is 0 Å². The maximum absolute atomic E-state index is 13.9. The van der Waals surface area contributed by atoms with Crippen LogP contribution in [0.5, 0.6) is 5.75 Å². The molecule has 0 aliphatic carbocycles. The van der Waals surface area contributed by atoms with Crippen LogP contribution in [-0.4, -0.2) is 70.8 Å². The van der Waals surface area contributed by atoms with Crippen LogP contribution in [0, 0.1) is 11.8 Å². The van der Waals surface area contributed by atoms with Gasteiger partial charge in [0.1, 0.15) is 17.4 Å². The minimum absolute atomic E-state index is 0.144. The Morgan fingerprint density at radius 2 is 1.84 bits per heavy atom. The maximum Gasteiger partial charge on any atom is 0.246 e. The van der Waals surface area contributed by atoms with Crippen molar-refractivity contribution in [2.45, 2.75) is 89.5 Å². The molecule has 4 rings (SSSR count). The summed E-state index contributed by atoms with van der Waals surface area (Å²) in [6, 6.07) is 6.38. The van der Waals surface area contributed by atoms with E-state index in [0.29, 0.717) is 38.1 Å². The number of nitrogens with one attached hydrogen (secondary N) is 2. The van der Waals surface area contributed by atoms with Crippen molar-refractivity contribution in [3.8, 4) is 5.75 Å². The van der Waals surface area contributed by atoms with Gasteiger partial charge in [0.2, 0.25) is 17.7 Å². The molecule has 3 amide bonds. The zero-order chi connectivity index (χ0) is 26.8. The predicted molar refractivity (Wildman–Crippen MR) is 139 cm³/mol. The number of likely N-dealkylation sites (tertiary alicyclic amines) is 1. The van der Waals surface area contributed by atoms with Gasteiger partial charge in [-0.05, 0) is 77.6 Å². The van der Waals surface area contributed by atoms with E-state index >= 15 is 0 Å². The van der Waals surface area contributed by atoms with E-state index < -0.39 is 35.1 Å². The van der Waals surface area contributed by atoms with Gasteiger partial charge in [0, 0.05) is 24.4 Å². The molecule has 3 heterocycles. The molecule has 1 aromatic carbocycles. The summed E-state index contributed by atoms with van der Waals surface area (Å²) >= 11 is 0. The zero-order valence-electron chi connectivity index (χ0n) is 22.4. The molecule has 0 aromatic heterocycles. The van der Waals surface area contributed by atoms with Crippen LogP contribution in [0.15, 0.2) is 24.3 Å². The number of fused-ring (bicyclic) bond motifs is 1. The third kappa shape index (κ3) is 5.48. The Hall–Kier alpha value is -2.65. The van der Waals surface area contributed by atoms with Crippen molar-refractivity contribution in [2.75, 3.05) is 25.1 Å². The molecule has 3 aliphatic heterocycles. The molecule has 9 nitrogen and oxygen atoms in total. The average molecular weight is 516 g/mol. The number of benzene rings is 1. The second-order valence-electron chi connectivity index (χ2n) is 11.4. The lowest BCUT2D eigenvalue weighted by Crippen LogP contribution is -2.58. The lowest BCUT2D eigenvalue weighted by Gasteiger charge is -2.35. The molecule has 37 heavy (non-hydrogen) atoms. The van der Waals surface area contributed by atoms with E-state index in [9.17, 15) is 14.4 Å². The summed E-state index contributed by atoms with van der Waals surface area (Å²) in [4.78, 5) is 42.7. The average Bonchev–Trinajstić information content (AvgIpc) is 3.47. The van der Waals surface area contributed by atoms with E-state index in [1.807, 2.05) is 27.7 Å². The molecule has 3 saturated heterocycles. The highest BCUT2D eigenvalue weighted by Gasteiger charge is 2.74. The number of carbonyl (C=O) groups excluding carboxylic acids is 3. The van der Waals surface area contributed by atoms with Gasteiger partial charge in [-0.2, -0.15) is 0 Å². The first-order valence-corrected chi connectivity index (χ1v) is 13.6. The largest absolute Gasteiger partial charge is 0.494 e. The third-order valence-corrected chi connectivity index (χ3v) is 7.59. The van der Waals surface area contributed by atoms with Crippen LogP contribution in [0.1, 0.15) is 66.2 Å². The summed E-state index contributed by atoms with van der Waals surface area (Å²) in [7, 11) is 0. The van der Waals surface area contributed by atoms with Gasteiger partial charge in [0.25, 0.3) is 0 Å². The monoisotopic (exact) mass is 515 g/mol. The van der Waals surface area contributed by atoms with Gasteiger partial charge in [0.15, 0.2) is 0 Å². The highest BCUT2D eigenvalue weighted by molar-refractivity contribution is 6.02. The molecule has 0 saturated carbocycles. The molecule has 5 atom stereocenters. The van der Waals surface area contributed by atoms with Crippen molar-refractivity contribution in [3.05, 3.63) is 24.3 Å². The van der Waals surface area contributed by atoms with Crippen LogP contribution in [0.4, 0.5) is 5.69 Å². The summed E-state index contributed by atoms with van der Waals surface area (Å²) in [6.07, 6.45) is 3.96. The number of hydrogen-bond acceptors (Lipinski definition) is 6. The fraction of sp³-hybridized carbons (Fsp3) is 0.679. The summed E-state index contributed by atoms with van der Waals surface area (Å²) in [5.41, 5.74) is -0.843. The van der Waals surface area contributed by atoms with Crippen molar-refractivity contribution in [1.82, 2.24) is 10.2 Å². The van der Waals surface area contributed by atoms with E-state index in [-0.39, 0.29) is 24.3 Å². The van der Waals surface area contributed by atoms with Crippen LogP contribution < -0.4 is 15.4 Å². The molecular formula is C28H41N3O6. The third-order valence-electron chi connectivity index (χ3n) is 7.59. The topological polar surface area (TPSA) is 117 Å². The van der Waals surface area contributed by atoms with E-state index in [0.717, 1.165) is 25.0 Å². The van der Waals surface area contributed by atoms with Crippen LogP contribution in [0.25, 0.3) is 0 Å². The van der Waals surface area contributed by atoms with Crippen molar-refractivity contribution in [1.29, 1.82) is 0 Å². The number of ether oxygens (including phenoxy) is 2. The molecule has 1 aromatic rings. The second-order valence-corrected chi connectivity index (χ2v) is 11.4. The van der Waals surface area contributed by atoms with Gasteiger partial charge in [-0.25, -0.2) is 0 Å². The molecule has 1 spiro atoms. The fourth-order valence-electron chi connectivity index (χ4n) is 6.21. The number of carbonyl (C=O) groups is 3. The molecule has 2 bridgehead atoms. The summed E-state index contributed by atoms with van der Waals surface area (Å²) < 4.78 is 11.9. The first kappa shape index (κ1) is 27.4. The van der Waals surface area contributed by atoms with Crippen LogP contribution >= 0.6 is 0 Å². The Kier molecular flexibility index (Phi) is 8.14. The summed E-state index contributed by atoms with van der Waals surface area (Å²) in [6.45, 7) is 8.77. The molecule has 3 N–H and O–H groups in total. The normalized spacial score (nSPS) is 28.4. The highest BCUT2D eigenvalue weighted by Crippen LogP contribution is 2.58. The van der Waals surface area contributed by atoms with Gasteiger partial charge in [-0.15, -0.1) is 0 Å². The zero-order valence-corrected chi connectivity index (χ0v) is 22.4. The lowest BCUT2D eigenvalue weighted by molar-refractivity contribution is -0.142. The standard InChI is InChI=1S/C28H41N3O6/c1-5-36-19-12-10-18(11-13-19)29-24(33)21-20-14-15-28(37-20)22(21)26(35)31(16-8-6-7-9-17-32)23(28)25(34)30-27(2,3)4/h10-13,20-23,32H,5-9,14-17H2,1-4H3,(H,29,33)(H,30,34)/t20-,21+,22-,23?,28?/m0/s1. The van der Waals surface area contributed by atoms with E-state index in [1.54, 1.807) is 29.2 Å². The van der Waals surface area contributed by atoms with Gasteiger partial charge in [-0.3, -0.25) is 14.4 Å². The smallest absolute Gasteiger partial charge is 0.246 e. The van der Waals surface area contributed by atoms with Crippen molar-refractivity contribution in [3.63, 3.8) is 0 Å². The van der Waals surface area contributed by atoms with Crippen molar-refractivity contribution in [2.24, 2.45) is 11.8 Å². The number of rotatable bonds is 11.